The summed E-state index contributed by atoms with van der Waals surface area (Å²) in [7, 11) is 3.86. The lowest BCUT2D eigenvalue weighted by Gasteiger charge is -2.23. The number of hydrogen-bond acceptors (Lipinski definition) is 4. The molecule has 2 N–H and O–H groups in total. The normalized spacial score (nSPS) is 13.8. The first-order chi connectivity index (χ1) is 7.70. The molecule has 0 aromatic heterocycles. The van der Waals surface area contributed by atoms with Crippen LogP contribution in [-0.2, 0) is 4.79 Å². The van der Waals surface area contributed by atoms with Crippen molar-refractivity contribution in [2.75, 3.05) is 37.6 Å². The van der Waals surface area contributed by atoms with E-state index in [1.807, 2.05) is 37.2 Å². The fourth-order valence-corrected chi connectivity index (χ4v) is 1.64. The van der Waals surface area contributed by atoms with Crippen molar-refractivity contribution in [3.05, 3.63) is 18.2 Å². The predicted molar refractivity (Wildman–Crippen MR) is 62.9 cm³/mol. The Hall–Kier alpha value is -1.75. The van der Waals surface area contributed by atoms with E-state index in [4.69, 9.17) is 4.74 Å². The van der Waals surface area contributed by atoms with E-state index in [1.165, 1.54) is 0 Å². The van der Waals surface area contributed by atoms with Gasteiger partial charge in [-0.05, 0) is 25.2 Å². The smallest absolute Gasteiger partial charge is 0.262 e. The molecule has 0 fully saturated rings. The van der Waals surface area contributed by atoms with Crippen molar-refractivity contribution < 1.29 is 9.53 Å². The second kappa shape index (κ2) is 4.40. The molecule has 1 aromatic rings. The zero-order valence-electron chi connectivity index (χ0n) is 9.41. The number of anilines is 2. The largest absolute Gasteiger partial charge is 0.482 e. The molecule has 0 bridgehead atoms. The first-order valence-electron chi connectivity index (χ1n) is 5.13. The zero-order chi connectivity index (χ0) is 11.5. The Kier molecular flexibility index (Phi) is 2.96. The topological polar surface area (TPSA) is 53.6 Å². The Morgan fingerprint density at radius 1 is 1.56 bits per heavy atom. The van der Waals surface area contributed by atoms with E-state index in [-0.39, 0.29) is 12.5 Å². The molecule has 1 aliphatic rings. The molecule has 0 saturated heterocycles. The molecular formula is C11H15N3O2. The second-order valence-corrected chi connectivity index (χ2v) is 3.73. The molecular weight excluding hydrogens is 206 g/mol. The number of hydrogen-bond donors (Lipinski definition) is 2. The molecule has 1 aromatic carbocycles. The predicted octanol–water partition coefficient (Wildman–Crippen LogP) is 0.631. The average Bonchev–Trinajstić information content (AvgIpc) is 2.28. The van der Waals surface area contributed by atoms with E-state index in [2.05, 4.69) is 10.6 Å². The highest BCUT2D eigenvalue weighted by atomic mass is 16.5. The van der Waals surface area contributed by atoms with Crippen LogP contribution in [0.25, 0.3) is 0 Å². The molecule has 5 nitrogen and oxygen atoms in total. The molecule has 0 aliphatic carbocycles. The van der Waals surface area contributed by atoms with E-state index in [1.54, 1.807) is 0 Å². The lowest BCUT2D eigenvalue weighted by atomic mass is 10.2. The first-order valence-corrected chi connectivity index (χ1v) is 5.13. The number of amides is 1. The summed E-state index contributed by atoms with van der Waals surface area (Å²) in [6.07, 6.45) is 0. The standard InChI is InChI=1S/C11H15N3O2/c1-12-7-14(2)8-3-4-10-9(5-8)13-11(15)6-16-10/h3-5,12H,6-7H2,1-2H3,(H,13,15). The molecule has 1 aliphatic heterocycles. The quantitative estimate of drug-likeness (QED) is 0.735. The fourth-order valence-electron chi connectivity index (χ4n) is 1.64. The van der Waals surface area contributed by atoms with Crippen LogP contribution >= 0.6 is 0 Å². The van der Waals surface area contributed by atoms with Gasteiger partial charge in [0.2, 0.25) is 0 Å². The molecule has 86 valence electrons. The number of carbonyl (C=O) groups excluding carboxylic acids is 1. The lowest BCUT2D eigenvalue weighted by Crippen LogP contribution is -2.29. The second-order valence-electron chi connectivity index (χ2n) is 3.73. The van der Waals surface area contributed by atoms with Crippen LogP contribution in [0.15, 0.2) is 18.2 Å². The third-order valence-corrected chi connectivity index (χ3v) is 2.43. The minimum atomic E-state index is -0.110. The molecule has 0 unspecified atom stereocenters. The van der Waals surface area contributed by atoms with Gasteiger partial charge in [0, 0.05) is 12.7 Å². The van der Waals surface area contributed by atoms with E-state index in [9.17, 15) is 4.79 Å². The van der Waals surface area contributed by atoms with Crippen molar-refractivity contribution in [1.29, 1.82) is 0 Å². The Morgan fingerprint density at radius 2 is 2.38 bits per heavy atom. The molecule has 1 amide bonds. The maximum Gasteiger partial charge on any atom is 0.262 e. The van der Waals surface area contributed by atoms with Crippen molar-refractivity contribution in [3.8, 4) is 5.75 Å². The SMILES string of the molecule is CNCN(C)c1ccc2c(c1)NC(=O)CO2. The third kappa shape index (κ3) is 2.09. The monoisotopic (exact) mass is 221 g/mol. The Morgan fingerprint density at radius 3 is 3.12 bits per heavy atom. The molecule has 0 radical (unpaired) electrons. The Bertz CT molecular complexity index is 406. The van der Waals surface area contributed by atoms with Crippen molar-refractivity contribution in [2.45, 2.75) is 0 Å². The van der Waals surface area contributed by atoms with Crippen LogP contribution in [-0.4, -0.2) is 33.3 Å². The van der Waals surface area contributed by atoms with Crippen LogP contribution in [0.4, 0.5) is 11.4 Å². The minimum Gasteiger partial charge on any atom is -0.482 e. The van der Waals surface area contributed by atoms with Crippen LogP contribution < -0.4 is 20.3 Å². The fraction of sp³-hybridized carbons (Fsp3) is 0.364. The van der Waals surface area contributed by atoms with Crippen molar-refractivity contribution >= 4 is 17.3 Å². The molecule has 0 saturated carbocycles. The summed E-state index contributed by atoms with van der Waals surface area (Å²) in [5.74, 6) is 0.613. The van der Waals surface area contributed by atoms with Gasteiger partial charge in [0.25, 0.3) is 5.91 Å². The zero-order valence-corrected chi connectivity index (χ0v) is 9.41. The van der Waals surface area contributed by atoms with E-state index in [0.717, 1.165) is 23.8 Å². The van der Waals surface area contributed by atoms with Gasteiger partial charge >= 0.3 is 0 Å². The van der Waals surface area contributed by atoms with E-state index in [0.29, 0.717) is 0 Å². The van der Waals surface area contributed by atoms with Crippen molar-refractivity contribution in [1.82, 2.24) is 5.32 Å². The molecule has 5 heteroatoms. The molecule has 2 rings (SSSR count). The van der Waals surface area contributed by atoms with Crippen LogP contribution in [0.3, 0.4) is 0 Å². The number of benzene rings is 1. The summed E-state index contributed by atoms with van der Waals surface area (Å²) < 4.78 is 5.28. The van der Waals surface area contributed by atoms with E-state index >= 15 is 0 Å². The number of fused-ring (bicyclic) bond motifs is 1. The van der Waals surface area contributed by atoms with Crippen LogP contribution in [0.2, 0.25) is 0 Å². The molecule has 16 heavy (non-hydrogen) atoms. The van der Waals surface area contributed by atoms with E-state index < -0.39 is 0 Å². The number of nitrogens with one attached hydrogen (secondary N) is 2. The molecule has 1 heterocycles. The highest BCUT2D eigenvalue weighted by molar-refractivity contribution is 5.96. The first kappa shape index (κ1) is 10.8. The summed E-state index contributed by atoms with van der Waals surface area (Å²) in [6.45, 7) is 0.840. The van der Waals surface area contributed by atoms with Crippen molar-refractivity contribution in [3.63, 3.8) is 0 Å². The third-order valence-electron chi connectivity index (χ3n) is 2.43. The van der Waals surface area contributed by atoms with Crippen LogP contribution in [0, 0.1) is 0 Å². The van der Waals surface area contributed by atoms with Gasteiger partial charge in [-0.2, -0.15) is 0 Å². The molecule has 0 atom stereocenters. The Balaban J connectivity index is 2.24. The highest BCUT2D eigenvalue weighted by Crippen LogP contribution is 2.31. The average molecular weight is 221 g/mol. The summed E-state index contributed by atoms with van der Waals surface area (Å²) in [6, 6.07) is 5.74. The maximum atomic E-state index is 11.2. The Labute approximate surface area is 94.4 Å². The highest BCUT2D eigenvalue weighted by Gasteiger charge is 2.16. The summed E-state index contributed by atoms with van der Waals surface area (Å²) in [5.41, 5.74) is 1.76. The maximum absolute atomic E-state index is 11.2. The van der Waals surface area contributed by atoms with Gasteiger partial charge in [0.15, 0.2) is 6.61 Å². The number of carbonyl (C=O) groups is 1. The number of nitrogens with zero attached hydrogens (tertiary/aromatic N) is 1. The van der Waals surface area contributed by atoms with Crippen LogP contribution in [0.5, 0.6) is 5.75 Å². The molecule has 0 spiro atoms. The lowest BCUT2D eigenvalue weighted by molar-refractivity contribution is -0.118. The summed E-state index contributed by atoms with van der Waals surface area (Å²) in [4.78, 5) is 13.2. The summed E-state index contributed by atoms with van der Waals surface area (Å²) in [5, 5.41) is 5.85. The van der Waals surface area contributed by atoms with Gasteiger partial charge in [0.05, 0.1) is 12.4 Å². The minimum absolute atomic E-state index is 0.0959. The van der Waals surface area contributed by atoms with Crippen molar-refractivity contribution in [2.24, 2.45) is 0 Å². The van der Waals surface area contributed by atoms with Crippen LogP contribution in [0.1, 0.15) is 0 Å². The summed E-state index contributed by atoms with van der Waals surface area (Å²) >= 11 is 0. The van der Waals surface area contributed by atoms with Gasteiger partial charge in [-0.1, -0.05) is 0 Å². The van der Waals surface area contributed by atoms with Gasteiger partial charge < -0.3 is 20.3 Å². The van der Waals surface area contributed by atoms with Gasteiger partial charge in [-0.15, -0.1) is 0 Å². The van der Waals surface area contributed by atoms with Gasteiger partial charge in [0.1, 0.15) is 5.75 Å². The van der Waals surface area contributed by atoms with Gasteiger partial charge in [-0.25, -0.2) is 0 Å². The van der Waals surface area contributed by atoms with Gasteiger partial charge in [-0.3, -0.25) is 4.79 Å². The number of ether oxygens (including phenoxy) is 1. The number of rotatable bonds is 3.